The Balaban J connectivity index is 1.79. The van der Waals surface area contributed by atoms with E-state index in [1.807, 2.05) is 32.0 Å². The highest BCUT2D eigenvalue weighted by molar-refractivity contribution is 8.00. The zero-order valence-electron chi connectivity index (χ0n) is 19.5. The number of hydrogen-bond acceptors (Lipinski definition) is 6. The molecular formula is C26H24N4O4S. The second-order valence-corrected chi connectivity index (χ2v) is 9.43. The summed E-state index contributed by atoms with van der Waals surface area (Å²) in [6, 6.07) is 20.6. The van der Waals surface area contributed by atoms with E-state index in [1.165, 1.54) is 12.1 Å². The van der Waals surface area contributed by atoms with Gasteiger partial charge in [-0.3, -0.25) is 24.3 Å². The molecule has 3 aromatic carbocycles. The SMILES string of the molecule is Cc1ccc(NC(=O)C(Sc2nc3ccccc3c(=O)n2C(C)C)c2ccccc2)c([N+](=O)[O-])c1. The van der Waals surface area contributed by atoms with E-state index in [-0.39, 0.29) is 23.0 Å². The number of fused-ring (bicyclic) bond motifs is 1. The van der Waals surface area contributed by atoms with Gasteiger partial charge in [0.05, 0.1) is 15.8 Å². The van der Waals surface area contributed by atoms with E-state index in [2.05, 4.69) is 5.32 Å². The van der Waals surface area contributed by atoms with Crippen LogP contribution < -0.4 is 10.9 Å². The zero-order chi connectivity index (χ0) is 25.1. The average Bonchev–Trinajstić information content (AvgIpc) is 2.83. The van der Waals surface area contributed by atoms with Gasteiger partial charge in [0.25, 0.3) is 11.2 Å². The summed E-state index contributed by atoms with van der Waals surface area (Å²) < 4.78 is 1.57. The smallest absolute Gasteiger partial charge is 0.293 e. The van der Waals surface area contributed by atoms with Crippen molar-refractivity contribution >= 4 is 39.9 Å². The third kappa shape index (κ3) is 5.09. The fourth-order valence-electron chi connectivity index (χ4n) is 3.77. The van der Waals surface area contributed by atoms with E-state index in [4.69, 9.17) is 4.98 Å². The molecule has 0 radical (unpaired) electrons. The first kappa shape index (κ1) is 24.2. The minimum atomic E-state index is -0.810. The minimum absolute atomic E-state index is 0.111. The summed E-state index contributed by atoms with van der Waals surface area (Å²) in [7, 11) is 0. The molecule has 0 aliphatic heterocycles. The second kappa shape index (κ2) is 10.1. The summed E-state index contributed by atoms with van der Waals surface area (Å²) in [5.41, 5.74) is 1.68. The fourth-order valence-corrected chi connectivity index (χ4v) is 5.00. The molecule has 0 aliphatic rings. The lowest BCUT2D eigenvalue weighted by Gasteiger charge is -2.21. The molecule has 0 aliphatic carbocycles. The highest BCUT2D eigenvalue weighted by Crippen LogP contribution is 2.37. The normalized spacial score (nSPS) is 12.0. The molecule has 0 spiro atoms. The molecule has 1 aromatic heterocycles. The Morgan fingerprint density at radius 3 is 2.43 bits per heavy atom. The van der Waals surface area contributed by atoms with Crippen molar-refractivity contribution < 1.29 is 9.72 Å². The molecule has 9 heteroatoms. The lowest BCUT2D eigenvalue weighted by molar-refractivity contribution is -0.384. The summed E-state index contributed by atoms with van der Waals surface area (Å²) in [6.07, 6.45) is 0. The number of anilines is 1. The van der Waals surface area contributed by atoms with Gasteiger partial charge in [-0.15, -0.1) is 0 Å². The molecule has 0 saturated carbocycles. The van der Waals surface area contributed by atoms with Gasteiger partial charge in [-0.05, 0) is 50.1 Å². The number of aromatic nitrogens is 2. The molecule has 178 valence electrons. The predicted octanol–water partition coefficient (Wildman–Crippen LogP) is 5.67. The van der Waals surface area contributed by atoms with Gasteiger partial charge in [-0.1, -0.05) is 60.3 Å². The summed E-state index contributed by atoms with van der Waals surface area (Å²) in [5, 5.41) is 14.4. The quantitative estimate of drug-likeness (QED) is 0.156. The zero-order valence-corrected chi connectivity index (χ0v) is 20.3. The van der Waals surface area contributed by atoms with Crippen LogP contribution in [-0.4, -0.2) is 20.4 Å². The topological polar surface area (TPSA) is 107 Å². The van der Waals surface area contributed by atoms with Gasteiger partial charge >= 0.3 is 0 Å². The van der Waals surface area contributed by atoms with E-state index in [1.54, 1.807) is 54.0 Å². The largest absolute Gasteiger partial charge is 0.319 e. The van der Waals surface area contributed by atoms with Crippen LogP contribution >= 0.6 is 11.8 Å². The van der Waals surface area contributed by atoms with Crippen molar-refractivity contribution in [3.8, 4) is 0 Å². The second-order valence-electron chi connectivity index (χ2n) is 8.36. The Bertz CT molecular complexity index is 1470. The highest BCUT2D eigenvalue weighted by Gasteiger charge is 2.27. The van der Waals surface area contributed by atoms with E-state index >= 15 is 0 Å². The van der Waals surface area contributed by atoms with Crippen LogP contribution in [0.15, 0.2) is 82.7 Å². The minimum Gasteiger partial charge on any atom is -0.319 e. The van der Waals surface area contributed by atoms with Crippen LogP contribution in [0.3, 0.4) is 0 Å². The summed E-state index contributed by atoms with van der Waals surface area (Å²) in [4.78, 5) is 42.5. The number of rotatable bonds is 7. The van der Waals surface area contributed by atoms with Gasteiger partial charge in [0, 0.05) is 12.1 Å². The van der Waals surface area contributed by atoms with E-state index in [0.717, 1.165) is 11.8 Å². The number of carbonyl (C=O) groups is 1. The van der Waals surface area contributed by atoms with Crippen LogP contribution in [-0.2, 0) is 4.79 Å². The van der Waals surface area contributed by atoms with Gasteiger partial charge in [0.1, 0.15) is 10.9 Å². The molecule has 0 saturated heterocycles. The number of benzene rings is 3. The van der Waals surface area contributed by atoms with E-state index in [9.17, 15) is 19.7 Å². The van der Waals surface area contributed by atoms with Crippen LogP contribution in [0.2, 0.25) is 0 Å². The van der Waals surface area contributed by atoms with Crippen molar-refractivity contribution in [3.63, 3.8) is 0 Å². The Kier molecular flexibility index (Phi) is 6.97. The standard InChI is InChI=1S/C26H24N4O4S/c1-16(2)29-25(32)19-11-7-8-12-20(19)28-26(29)35-23(18-9-5-4-6-10-18)24(31)27-21-14-13-17(3)15-22(21)30(33)34/h4-16,23H,1-3H3,(H,27,31). The summed E-state index contributed by atoms with van der Waals surface area (Å²) >= 11 is 1.14. The predicted molar refractivity (Wildman–Crippen MR) is 138 cm³/mol. The Labute approximate surface area is 206 Å². The number of nitrogens with zero attached hydrogens (tertiary/aromatic N) is 3. The molecule has 4 aromatic rings. The number of carbonyl (C=O) groups excluding carboxylic acids is 1. The number of amides is 1. The molecule has 8 nitrogen and oxygen atoms in total. The molecular weight excluding hydrogens is 464 g/mol. The van der Waals surface area contributed by atoms with Gasteiger partial charge in [-0.2, -0.15) is 0 Å². The Hall–Kier alpha value is -3.98. The molecule has 35 heavy (non-hydrogen) atoms. The maximum Gasteiger partial charge on any atom is 0.293 e. The van der Waals surface area contributed by atoms with Crippen molar-refractivity contribution in [1.82, 2.24) is 9.55 Å². The van der Waals surface area contributed by atoms with Gasteiger partial charge in [0.2, 0.25) is 5.91 Å². The first-order valence-corrected chi connectivity index (χ1v) is 11.9. The number of para-hydroxylation sites is 1. The average molecular weight is 489 g/mol. The van der Waals surface area contributed by atoms with E-state index in [0.29, 0.717) is 27.2 Å². The molecule has 1 amide bonds. The number of nitro groups is 1. The molecule has 1 atom stereocenters. The van der Waals surface area contributed by atoms with Crippen LogP contribution in [0.1, 0.15) is 36.3 Å². The lowest BCUT2D eigenvalue weighted by Crippen LogP contribution is -2.26. The maximum absolute atomic E-state index is 13.5. The van der Waals surface area contributed by atoms with Crippen molar-refractivity contribution in [2.24, 2.45) is 0 Å². The van der Waals surface area contributed by atoms with Crippen LogP contribution in [0.25, 0.3) is 10.9 Å². The van der Waals surface area contributed by atoms with Crippen molar-refractivity contribution in [1.29, 1.82) is 0 Å². The molecule has 0 bridgehead atoms. The number of nitro benzene ring substituents is 1. The third-order valence-electron chi connectivity index (χ3n) is 5.46. The highest BCUT2D eigenvalue weighted by atomic mass is 32.2. The molecule has 4 rings (SSSR count). The Morgan fingerprint density at radius 1 is 1.06 bits per heavy atom. The lowest BCUT2D eigenvalue weighted by atomic mass is 10.1. The van der Waals surface area contributed by atoms with Crippen molar-refractivity contribution in [2.75, 3.05) is 5.32 Å². The Morgan fingerprint density at radius 2 is 1.74 bits per heavy atom. The van der Waals surface area contributed by atoms with Gasteiger partial charge < -0.3 is 5.32 Å². The summed E-state index contributed by atoms with van der Waals surface area (Å²) in [6.45, 7) is 5.52. The maximum atomic E-state index is 13.5. The van der Waals surface area contributed by atoms with Crippen LogP contribution in [0.4, 0.5) is 11.4 Å². The first-order chi connectivity index (χ1) is 16.8. The summed E-state index contributed by atoms with van der Waals surface area (Å²) in [5.74, 6) is -0.453. The van der Waals surface area contributed by atoms with Crippen LogP contribution in [0.5, 0.6) is 0 Å². The van der Waals surface area contributed by atoms with Crippen molar-refractivity contribution in [3.05, 3.63) is 104 Å². The van der Waals surface area contributed by atoms with Crippen LogP contribution in [0, 0.1) is 17.0 Å². The van der Waals surface area contributed by atoms with Gasteiger partial charge in [-0.25, -0.2) is 4.98 Å². The molecule has 0 fully saturated rings. The number of nitrogens with one attached hydrogen (secondary N) is 1. The fraction of sp³-hybridized carbons (Fsp3) is 0.192. The molecule has 1 heterocycles. The molecule has 1 N–H and O–H groups in total. The van der Waals surface area contributed by atoms with Gasteiger partial charge in [0.15, 0.2) is 5.16 Å². The number of thioether (sulfide) groups is 1. The van der Waals surface area contributed by atoms with E-state index < -0.39 is 16.1 Å². The third-order valence-corrected chi connectivity index (χ3v) is 6.68. The first-order valence-electron chi connectivity index (χ1n) is 11.0. The van der Waals surface area contributed by atoms with Crippen molar-refractivity contribution in [2.45, 2.75) is 37.2 Å². The molecule has 1 unspecified atom stereocenters. The monoisotopic (exact) mass is 488 g/mol. The number of aryl methyl sites for hydroxylation is 1. The number of hydrogen-bond donors (Lipinski definition) is 1.